The lowest BCUT2D eigenvalue weighted by Gasteiger charge is -2.36. The van der Waals surface area contributed by atoms with Crippen LogP contribution in [0.25, 0.3) is 0 Å². The number of amides is 1. The van der Waals surface area contributed by atoms with Gasteiger partial charge in [-0.05, 0) is 27.7 Å². The summed E-state index contributed by atoms with van der Waals surface area (Å²) in [6.45, 7) is 6.78. The Morgan fingerprint density at radius 1 is 1.08 bits per heavy atom. The van der Waals surface area contributed by atoms with Crippen LogP contribution in [0.4, 0.5) is 0 Å². The van der Waals surface area contributed by atoms with Gasteiger partial charge in [-0.15, -0.1) is 0 Å². The summed E-state index contributed by atoms with van der Waals surface area (Å²) in [5, 5.41) is 0. The van der Waals surface area contributed by atoms with Crippen LogP contribution in [-0.2, 0) is 28.6 Å². The van der Waals surface area contributed by atoms with Crippen molar-refractivity contribution in [2.45, 2.75) is 38.8 Å². The average molecular weight is 336 g/mol. The number of fused-ring (bicyclic) bond motifs is 1. The van der Waals surface area contributed by atoms with Gasteiger partial charge in [0.1, 0.15) is 11.3 Å². The first-order valence-electron chi connectivity index (χ1n) is 7.27. The molecule has 130 valence electrons. The van der Waals surface area contributed by atoms with Gasteiger partial charge in [-0.25, -0.2) is 19.5 Å². The topological polar surface area (TPSA) is 94.5 Å². The Hall–Kier alpha value is -2.64. The molecule has 2 aliphatic rings. The molecule has 0 aromatic heterocycles. The summed E-state index contributed by atoms with van der Waals surface area (Å²) in [5.74, 6) is -1.45. The second-order valence-corrected chi connectivity index (χ2v) is 6.37. The Labute approximate surface area is 139 Å². The number of carbonyl (C=O) groups is 3. The maximum Gasteiger partial charge on any atom is 0.333 e. The van der Waals surface area contributed by atoms with Gasteiger partial charge >= 0.3 is 18.0 Å². The third-order valence-corrected chi connectivity index (χ3v) is 3.94. The minimum Gasteiger partial charge on any atom is -0.466 e. The van der Waals surface area contributed by atoms with Crippen LogP contribution >= 0.6 is 0 Å². The molecule has 0 atom stereocenters. The number of rotatable bonds is 2. The van der Waals surface area contributed by atoms with E-state index in [1.807, 2.05) is 0 Å². The van der Waals surface area contributed by atoms with Crippen molar-refractivity contribution in [1.29, 1.82) is 0 Å². The second-order valence-electron chi connectivity index (χ2n) is 6.37. The van der Waals surface area contributed by atoms with E-state index in [4.69, 9.17) is 4.74 Å². The molecule has 0 saturated carbocycles. The Morgan fingerprint density at radius 2 is 1.62 bits per heavy atom. The van der Waals surface area contributed by atoms with Crippen molar-refractivity contribution < 1.29 is 28.6 Å². The molecule has 2 aliphatic heterocycles. The van der Waals surface area contributed by atoms with Gasteiger partial charge < -0.3 is 14.2 Å². The normalized spacial score (nSPS) is 24.3. The maximum absolute atomic E-state index is 12.9. The first-order chi connectivity index (χ1) is 11.0. The molecule has 1 saturated heterocycles. The Bertz CT molecular complexity index is 699. The molecular weight excluding hydrogens is 316 g/mol. The van der Waals surface area contributed by atoms with Crippen LogP contribution in [0.5, 0.6) is 0 Å². The van der Waals surface area contributed by atoms with Crippen LogP contribution in [0.1, 0.15) is 27.7 Å². The van der Waals surface area contributed by atoms with E-state index in [9.17, 15) is 14.4 Å². The molecule has 0 aromatic carbocycles. The molecule has 2 rings (SSSR count). The number of esters is 2. The SMILES string of the molecule is COC(=O)/C=C1\C(=O)N2C(=NC1(C)C)O/C(=C/C(=O)OC)C2(C)C. The standard InChI is InChI=1S/C16H20N2O6/c1-15(2)9(7-11(19)22-5)13(21)18-14(17-15)24-10(16(18,3)4)8-12(20)23-6/h7-8H,1-6H3/b9-7+,10-8+. The van der Waals surface area contributed by atoms with Crippen LogP contribution in [0.2, 0.25) is 0 Å². The van der Waals surface area contributed by atoms with E-state index in [0.717, 1.165) is 6.08 Å². The van der Waals surface area contributed by atoms with Gasteiger partial charge in [-0.2, -0.15) is 0 Å². The van der Waals surface area contributed by atoms with E-state index >= 15 is 0 Å². The van der Waals surface area contributed by atoms with Crippen LogP contribution in [0.15, 0.2) is 28.5 Å². The van der Waals surface area contributed by atoms with Crippen molar-refractivity contribution in [3.63, 3.8) is 0 Å². The molecule has 1 amide bonds. The lowest BCUT2D eigenvalue weighted by molar-refractivity contribution is -0.136. The molecule has 1 fully saturated rings. The minimum absolute atomic E-state index is 0.0761. The number of aliphatic imine (C=N–C) groups is 1. The van der Waals surface area contributed by atoms with E-state index in [2.05, 4.69) is 14.5 Å². The minimum atomic E-state index is -0.978. The number of hydrogen-bond donors (Lipinski definition) is 0. The van der Waals surface area contributed by atoms with Crippen molar-refractivity contribution in [1.82, 2.24) is 4.90 Å². The van der Waals surface area contributed by atoms with E-state index in [0.29, 0.717) is 0 Å². The molecule has 8 heteroatoms. The molecular formula is C16H20N2O6. The molecule has 0 spiro atoms. The molecule has 0 N–H and O–H groups in total. The fourth-order valence-electron chi connectivity index (χ4n) is 2.50. The van der Waals surface area contributed by atoms with Crippen molar-refractivity contribution in [2.75, 3.05) is 14.2 Å². The van der Waals surface area contributed by atoms with Crippen molar-refractivity contribution >= 4 is 23.9 Å². The van der Waals surface area contributed by atoms with Crippen LogP contribution in [0.3, 0.4) is 0 Å². The summed E-state index contributed by atoms with van der Waals surface area (Å²) >= 11 is 0. The number of methoxy groups -OCH3 is 2. The fourth-order valence-corrected chi connectivity index (χ4v) is 2.50. The van der Waals surface area contributed by atoms with Gasteiger partial charge in [0.25, 0.3) is 5.91 Å². The predicted octanol–water partition coefficient (Wildman–Crippen LogP) is 0.928. The summed E-state index contributed by atoms with van der Waals surface area (Å²) in [5.41, 5.74) is -1.77. The summed E-state index contributed by atoms with van der Waals surface area (Å²) in [4.78, 5) is 41.8. The molecule has 0 aliphatic carbocycles. The lowest BCUT2D eigenvalue weighted by Crippen LogP contribution is -2.53. The second kappa shape index (κ2) is 5.77. The van der Waals surface area contributed by atoms with Gasteiger partial charge in [0, 0.05) is 6.08 Å². The first-order valence-corrected chi connectivity index (χ1v) is 7.27. The quantitative estimate of drug-likeness (QED) is 0.550. The highest BCUT2D eigenvalue weighted by Gasteiger charge is 2.53. The third-order valence-electron chi connectivity index (χ3n) is 3.94. The van der Waals surface area contributed by atoms with Gasteiger partial charge in [0.2, 0.25) is 0 Å². The summed E-state index contributed by atoms with van der Waals surface area (Å²) < 4.78 is 14.8. The van der Waals surface area contributed by atoms with Crippen LogP contribution < -0.4 is 0 Å². The molecule has 0 unspecified atom stereocenters. The zero-order valence-corrected chi connectivity index (χ0v) is 14.5. The number of amidine groups is 1. The highest BCUT2D eigenvalue weighted by molar-refractivity contribution is 6.12. The maximum atomic E-state index is 12.9. The molecule has 8 nitrogen and oxygen atoms in total. The Morgan fingerprint density at radius 3 is 2.17 bits per heavy atom. The predicted molar refractivity (Wildman–Crippen MR) is 83.7 cm³/mol. The van der Waals surface area contributed by atoms with E-state index in [1.54, 1.807) is 27.7 Å². The molecule has 0 aromatic rings. The zero-order valence-electron chi connectivity index (χ0n) is 14.5. The highest BCUT2D eigenvalue weighted by atomic mass is 16.5. The van der Waals surface area contributed by atoms with E-state index in [-0.39, 0.29) is 17.4 Å². The van der Waals surface area contributed by atoms with Gasteiger partial charge in [0.05, 0.1) is 31.4 Å². The van der Waals surface area contributed by atoms with Crippen LogP contribution in [0, 0.1) is 0 Å². The smallest absolute Gasteiger partial charge is 0.333 e. The lowest BCUT2D eigenvalue weighted by atomic mass is 9.89. The number of hydrogen-bond acceptors (Lipinski definition) is 7. The fraction of sp³-hybridized carbons (Fsp3) is 0.500. The first kappa shape index (κ1) is 17.7. The van der Waals surface area contributed by atoms with E-state index < -0.39 is 28.9 Å². The number of nitrogens with zero attached hydrogens (tertiary/aromatic N) is 2. The van der Waals surface area contributed by atoms with E-state index in [1.165, 1.54) is 25.2 Å². The third kappa shape index (κ3) is 2.79. The summed E-state index contributed by atoms with van der Waals surface area (Å²) in [6.07, 6.45) is 2.30. The van der Waals surface area contributed by atoms with Crippen molar-refractivity contribution in [3.05, 3.63) is 23.5 Å². The van der Waals surface area contributed by atoms with Gasteiger partial charge in [0.15, 0.2) is 0 Å². The van der Waals surface area contributed by atoms with Crippen LogP contribution in [-0.4, -0.2) is 54.1 Å². The molecule has 2 heterocycles. The monoisotopic (exact) mass is 336 g/mol. The highest BCUT2D eigenvalue weighted by Crippen LogP contribution is 2.40. The zero-order chi connectivity index (χ0) is 18.3. The largest absolute Gasteiger partial charge is 0.466 e. The van der Waals surface area contributed by atoms with Gasteiger partial charge in [-0.1, -0.05) is 0 Å². The van der Waals surface area contributed by atoms with Crippen molar-refractivity contribution in [3.8, 4) is 0 Å². The summed E-state index contributed by atoms with van der Waals surface area (Å²) in [6, 6.07) is 0.0761. The Kier molecular flexibility index (Phi) is 4.26. The molecule has 0 radical (unpaired) electrons. The van der Waals surface area contributed by atoms with Gasteiger partial charge in [-0.3, -0.25) is 4.79 Å². The Balaban J connectivity index is 2.55. The average Bonchev–Trinajstić information content (AvgIpc) is 2.72. The van der Waals surface area contributed by atoms with Crippen molar-refractivity contribution in [2.24, 2.45) is 4.99 Å². The number of ether oxygens (including phenoxy) is 3. The molecule has 0 bridgehead atoms. The molecule has 24 heavy (non-hydrogen) atoms. The number of carbonyl (C=O) groups excluding carboxylic acids is 3. The summed E-state index contributed by atoms with van der Waals surface area (Å²) in [7, 11) is 2.48.